The van der Waals surface area contributed by atoms with E-state index in [4.69, 9.17) is 5.14 Å². The number of nitrogens with one attached hydrogen (secondary N) is 2. The van der Waals surface area contributed by atoms with E-state index in [0.29, 0.717) is 28.9 Å². The van der Waals surface area contributed by atoms with Crippen LogP contribution in [0.15, 0.2) is 47.4 Å². The predicted molar refractivity (Wildman–Crippen MR) is 147 cm³/mol. The normalized spacial score (nSPS) is 15.7. The van der Waals surface area contributed by atoms with Gasteiger partial charge in [-0.25, -0.2) is 17.9 Å². The van der Waals surface area contributed by atoms with Gasteiger partial charge in [-0.2, -0.15) is 5.10 Å². The summed E-state index contributed by atoms with van der Waals surface area (Å²) < 4.78 is 39.8. The lowest BCUT2D eigenvalue weighted by molar-refractivity contribution is -0.125. The van der Waals surface area contributed by atoms with Gasteiger partial charge in [0.1, 0.15) is 17.4 Å². The monoisotopic (exact) mass is 557 g/mol. The molecule has 11 heteroatoms. The van der Waals surface area contributed by atoms with E-state index in [0.717, 1.165) is 25.7 Å². The molecule has 0 bridgehead atoms. The van der Waals surface area contributed by atoms with Crippen molar-refractivity contribution in [2.45, 2.75) is 76.9 Å². The highest BCUT2D eigenvalue weighted by atomic mass is 32.2. The minimum Gasteiger partial charge on any atom is -0.350 e. The second-order valence-electron chi connectivity index (χ2n) is 11.4. The summed E-state index contributed by atoms with van der Waals surface area (Å²) >= 11 is 0. The fourth-order valence-corrected chi connectivity index (χ4v) is 5.69. The first kappa shape index (κ1) is 28.7. The van der Waals surface area contributed by atoms with Gasteiger partial charge in [-0.05, 0) is 47.9 Å². The zero-order chi connectivity index (χ0) is 28.4. The van der Waals surface area contributed by atoms with Crippen molar-refractivity contribution in [3.8, 4) is 0 Å². The number of carbonyl (C=O) groups excluding carboxylic acids is 2. The molecule has 1 saturated carbocycles. The van der Waals surface area contributed by atoms with Gasteiger partial charge >= 0.3 is 0 Å². The number of benzene rings is 2. The van der Waals surface area contributed by atoms with Crippen molar-refractivity contribution in [1.29, 1.82) is 0 Å². The van der Waals surface area contributed by atoms with E-state index in [1.165, 1.54) is 30.7 Å². The summed E-state index contributed by atoms with van der Waals surface area (Å²) in [6.07, 6.45) is 5.56. The smallest absolute Gasteiger partial charge is 0.273 e. The van der Waals surface area contributed by atoms with E-state index in [1.807, 2.05) is 20.8 Å². The maximum absolute atomic E-state index is 14.9. The molecule has 1 aromatic heterocycles. The average molecular weight is 558 g/mol. The van der Waals surface area contributed by atoms with Crippen LogP contribution >= 0.6 is 0 Å². The Morgan fingerprint density at radius 3 is 2.49 bits per heavy atom. The highest BCUT2D eigenvalue weighted by Crippen LogP contribution is 2.29. The number of carbonyl (C=O) groups is 2. The van der Waals surface area contributed by atoms with Crippen molar-refractivity contribution in [3.05, 3.63) is 59.5 Å². The van der Waals surface area contributed by atoms with Gasteiger partial charge in [0.05, 0.1) is 4.90 Å². The van der Waals surface area contributed by atoms with Crippen LogP contribution in [0.4, 0.5) is 4.39 Å². The van der Waals surface area contributed by atoms with Gasteiger partial charge in [0.25, 0.3) is 5.91 Å². The number of hydrogen-bond acceptors (Lipinski definition) is 5. The van der Waals surface area contributed by atoms with E-state index in [1.54, 1.807) is 22.9 Å². The topological polar surface area (TPSA) is 136 Å². The molecule has 9 nitrogen and oxygen atoms in total. The number of rotatable bonds is 8. The van der Waals surface area contributed by atoms with Crippen LogP contribution in [0.25, 0.3) is 10.9 Å². The van der Waals surface area contributed by atoms with Gasteiger partial charge in [0, 0.05) is 18.5 Å². The van der Waals surface area contributed by atoms with E-state index < -0.39 is 39.1 Å². The molecule has 4 N–H and O–H groups in total. The Balaban J connectivity index is 1.55. The summed E-state index contributed by atoms with van der Waals surface area (Å²) in [5, 5.41) is 15.7. The Hall–Kier alpha value is -3.31. The molecule has 1 fully saturated rings. The molecule has 39 heavy (non-hydrogen) atoms. The van der Waals surface area contributed by atoms with Crippen molar-refractivity contribution < 1.29 is 22.4 Å². The van der Waals surface area contributed by atoms with Crippen LogP contribution < -0.4 is 15.8 Å². The highest BCUT2D eigenvalue weighted by molar-refractivity contribution is 7.89. The van der Waals surface area contributed by atoms with Crippen LogP contribution in [0.5, 0.6) is 0 Å². The molecular formula is C28H36FN5O4S. The third-order valence-corrected chi connectivity index (χ3v) is 8.10. The van der Waals surface area contributed by atoms with Crippen molar-refractivity contribution in [3.63, 3.8) is 0 Å². The molecule has 0 aliphatic heterocycles. The molecule has 0 spiro atoms. The van der Waals surface area contributed by atoms with Crippen molar-refractivity contribution in [2.24, 2.45) is 16.5 Å². The summed E-state index contributed by atoms with van der Waals surface area (Å²) in [6, 6.07) is 9.60. The first-order valence-corrected chi connectivity index (χ1v) is 14.7. The zero-order valence-corrected chi connectivity index (χ0v) is 23.4. The van der Waals surface area contributed by atoms with Crippen LogP contribution in [0.2, 0.25) is 0 Å². The molecule has 2 amide bonds. The summed E-state index contributed by atoms with van der Waals surface area (Å²) in [5.74, 6) is -1.09. The fraction of sp³-hybridized carbons (Fsp3) is 0.464. The lowest BCUT2D eigenvalue weighted by atomic mass is 9.86. The van der Waals surface area contributed by atoms with E-state index in [2.05, 4.69) is 15.7 Å². The second kappa shape index (κ2) is 11.4. The molecule has 0 radical (unpaired) electrons. The predicted octanol–water partition coefficient (Wildman–Crippen LogP) is 3.86. The largest absolute Gasteiger partial charge is 0.350 e. The van der Waals surface area contributed by atoms with Crippen molar-refractivity contribution in [2.75, 3.05) is 0 Å². The molecule has 1 heterocycles. The van der Waals surface area contributed by atoms with Crippen LogP contribution in [-0.4, -0.2) is 36.1 Å². The van der Waals surface area contributed by atoms with Gasteiger partial charge in [0.2, 0.25) is 15.9 Å². The van der Waals surface area contributed by atoms with Crippen LogP contribution in [-0.2, 0) is 27.9 Å². The molecular weight excluding hydrogens is 521 g/mol. The summed E-state index contributed by atoms with van der Waals surface area (Å²) in [7, 11) is -3.88. The highest BCUT2D eigenvalue weighted by Gasteiger charge is 2.34. The Morgan fingerprint density at radius 2 is 1.82 bits per heavy atom. The lowest BCUT2D eigenvalue weighted by Gasteiger charge is -2.30. The van der Waals surface area contributed by atoms with Crippen LogP contribution in [0.1, 0.15) is 68.9 Å². The molecule has 3 aromatic rings. The van der Waals surface area contributed by atoms with E-state index in [9.17, 15) is 22.4 Å². The number of amides is 2. The molecule has 1 aliphatic rings. The van der Waals surface area contributed by atoms with E-state index in [-0.39, 0.29) is 17.1 Å². The molecule has 0 saturated heterocycles. The summed E-state index contributed by atoms with van der Waals surface area (Å²) in [4.78, 5) is 26.7. The van der Waals surface area contributed by atoms with Crippen LogP contribution in [0, 0.1) is 17.2 Å². The Bertz CT molecular complexity index is 1470. The third-order valence-electron chi connectivity index (χ3n) is 7.19. The molecule has 2 aromatic carbocycles. The zero-order valence-electron chi connectivity index (χ0n) is 22.5. The van der Waals surface area contributed by atoms with Gasteiger partial charge in [0.15, 0.2) is 5.69 Å². The summed E-state index contributed by atoms with van der Waals surface area (Å²) in [6.45, 7) is 6.02. The third kappa shape index (κ3) is 6.83. The number of hydrogen-bond donors (Lipinski definition) is 3. The minimum atomic E-state index is -3.88. The van der Waals surface area contributed by atoms with Gasteiger partial charge < -0.3 is 10.6 Å². The van der Waals surface area contributed by atoms with Gasteiger partial charge in [-0.15, -0.1) is 0 Å². The van der Waals surface area contributed by atoms with Gasteiger partial charge in [-0.3, -0.25) is 14.3 Å². The molecule has 4 rings (SSSR count). The average Bonchev–Trinajstić information content (AvgIpc) is 3.25. The Kier molecular flexibility index (Phi) is 8.41. The number of nitrogens with two attached hydrogens (primary N) is 1. The van der Waals surface area contributed by atoms with Crippen molar-refractivity contribution in [1.82, 2.24) is 20.4 Å². The number of fused-ring (bicyclic) bond motifs is 1. The fourth-order valence-electron chi connectivity index (χ4n) is 5.11. The Labute approximate surface area is 228 Å². The number of nitrogens with zero attached hydrogens (tertiary/aromatic N) is 2. The molecule has 1 aliphatic carbocycles. The minimum absolute atomic E-state index is 0.0365. The first-order chi connectivity index (χ1) is 18.3. The van der Waals surface area contributed by atoms with E-state index >= 15 is 0 Å². The summed E-state index contributed by atoms with van der Waals surface area (Å²) in [5.41, 5.74) is 0.230. The SMILES string of the molecule is CC(C)(C)C(NC(=O)c1nn(CC2CCCCC2)c2c(F)cccc12)C(=O)NCc1cccc(S(N)(=O)=O)c1. The number of sulfonamides is 1. The Morgan fingerprint density at radius 1 is 1.13 bits per heavy atom. The maximum Gasteiger partial charge on any atom is 0.273 e. The van der Waals surface area contributed by atoms with Gasteiger partial charge in [-0.1, -0.05) is 64.3 Å². The molecule has 210 valence electrons. The number of halogens is 1. The second-order valence-corrected chi connectivity index (χ2v) is 12.9. The number of primary sulfonamides is 1. The standard InChI is InChI=1S/C28H36FN5O4S/c1-28(2,3)25(27(36)31-16-19-11-7-12-20(15-19)39(30,37)38)32-26(35)23-21-13-8-14-22(29)24(21)34(33-23)17-18-9-5-4-6-10-18/h7-8,11-15,18,25H,4-6,9-10,16-17H2,1-3H3,(H,31,36)(H,32,35)(H2,30,37,38). The number of aromatic nitrogens is 2. The number of para-hydroxylation sites is 1. The molecule has 1 unspecified atom stereocenters. The lowest BCUT2D eigenvalue weighted by Crippen LogP contribution is -2.53. The first-order valence-electron chi connectivity index (χ1n) is 13.2. The van der Waals surface area contributed by atoms with Crippen LogP contribution in [0.3, 0.4) is 0 Å². The quantitative estimate of drug-likeness (QED) is 0.386. The molecule has 1 atom stereocenters. The van der Waals surface area contributed by atoms with Crippen molar-refractivity contribution >= 4 is 32.7 Å². The maximum atomic E-state index is 14.9.